The van der Waals surface area contributed by atoms with Gasteiger partial charge in [-0.15, -0.1) is 13.2 Å². The van der Waals surface area contributed by atoms with Crippen molar-refractivity contribution >= 4 is 17.9 Å². The maximum absolute atomic E-state index is 11.1. The minimum absolute atomic E-state index is 0.342. The zero-order valence-electron chi connectivity index (χ0n) is 13.8. The number of aldehydes is 1. The third-order valence-electron chi connectivity index (χ3n) is 3.54. The topological polar surface area (TPSA) is 26.3 Å². The Labute approximate surface area is 143 Å². The van der Waals surface area contributed by atoms with Crippen molar-refractivity contribution in [3.05, 3.63) is 76.8 Å². The van der Waals surface area contributed by atoms with E-state index in [1.807, 2.05) is 0 Å². The largest absolute Gasteiger partial charge is 0.489 e. The number of aryl methyl sites for hydroxylation is 2. The number of rotatable bonds is 6. The molecule has 0 aliphatic carbocycles. The van der Waals surface area contributed by atoms with Crippen LogP contribution in [0, 0.1) is 0 Å². The Morgan fingerprint density at radius 2 is 1.78 bits per heavy atom. The molecular formula is C20H23ClO2. The van der Waals surface area contributed by atoms with Gasteiger partial charge in [-0.25, -0.2) is 0 Å². The van der Waals surface area contributed by atoms with Crippen molar-refractivity contribution < 1.29 is 9.53 Å². The van der Waals surface area contributed by atoms with Crippen LogP contribution in [0.25, 0.3) is 0 Å². The minimum Gasteiger partial charge on any atom is -0.489 e. The number of hydrogen-bond donors (Lipinski definition) is 0. The Kier molecular flexibility index (Phi) is 8.14. The summed E-state index contributed by atoms with van der Waals surface area (Å²) in [4.78, 5) is 11.1. The summed E-state index contributed by atoms with van der Waals surface area (Å²) < 4.78 is 5.94. The lowest BCUT2D eigenvalue weighted by atomic mass is 10.1. The highest BCUT2D eigenvalue weighted by molar-refractivity contribution is 6.30. The summed E-state index contributed by atoms with van der Waals surface area (Å²) in [6.07, 6.45) is 2.71. The van der Waals surface area contributed by atoms with E-state index in [2.05, 4.69) is 45.2 Å². The average Bonchev–Trinajstić information content (AvgIpc) is 2.61. The number of carbonyl (C=O) groups is 1. The predicted molar refractivity (Wildman–Crippen MR) is 97.6 cm³/mol. The molecule has 0 unspecified atom stereocenters. The molecule has 0 fully saturated rings. The zero-order valence-corrected chi connectivity index (χ0v) is 14.5. The van der Waals surface area contributed by atoms with Crippen molar-refractivity contribution in [2.24, 2.45) is 0 Å². The van der Waals surface area contributed by atoms with E-state index in [4.69, 9.17) is 16.3 Å². The number of halogens is 1. The molecule has 122 valence electrons. The summed E-state index contributed by atoms with van der Waals surface area (Å²) >= 11 is 5.99. The molecule has 0 heterocycles. The molecule has 3 heteroatoms. The van der Waals surface area contributed by atoms with E-state index in [1.165, 1.54) is 11.1 Å². The summed E-state index contributed by atoms with van der Waals surface area (Å²) in [6.45, 7) is 10.6. The fourth-order valence-corrected chi connectivity index (χ4v) is 2.41. The molecule has 2 aromatic rings. The number of carbonyl (C=O) groups excluding carboxylic acids is 1. The summed E-state index contributed by atoms with van der Waals surface area (Å²) in [6, 6.07) is 11.5. The molecule has 0 spiro atoms. The molecule has 0 bridgehead atoms. The highest BCUT2D eigenvalue weighted by Gasteiger charge is 2.07. The van der Waals surface area contributed by atoms with E-state index in [1.54, 1.807) is 18.2 Å². The molecule has 0 N–H and O–H groups in total. The van der Waals surface area contributed by atoms with Gasteiger partial charge in [0.25, 0.3) is 0 Å². The first kappa shape index (κ1) is 19.0. The Bertz CT molecular complexity index is 650. The lowest BCUT2D eigenvalue weighted by Gasteiger charge is -2.13. The van der Waals surface area contributed by atoms with Gasteiger partial charge < -0.3 is 4.74 Å². The first-order chi connectivity index (χ1) is 11.2. The average molecular weight is 331 g/mol. The molecule has 0 saturated carbocycles. The Hall–Kier alpha value is -2.06. The van der Waals surface area contributed by atoms with Gasteiger partial charge in [0.1, 0.15) is 18.6 Å². The van der Waals surface area contributed by atoms with E-state index in [-0.39, 0.29) is 0 Å². The number of ether oxygens (including phenoxy) is 1. The molecule has 23 heavy (non-hydrogen) atoms. The number of hydrogen-bond acceptors (Lipinski definition) is 2. The fraction of sp³-hybridized carbons (Fsp3) is 0.250. The van der Waals surface area contributed by atoms with Crippen LogP contribution in [0.15, 0.2) is 49.6 Å². The van der Waals surface area contributed by atoms with Crippen LogP contribution >= 0.6 is 11.6 Å². The first-order valence-electron chi connectivity index (χ1n) is 7.66. The molecule has 2 nitrogen and oxygen atoms in total. The second-order valence-electron chi connectivity index (χ2n) is 4.90. The summed E-state index contributed by atoms with van der Waals surface area (Å²) in [7, 11) is 0. The van der Waals surface area contributed by atoms with E-state index in [0.29, 0.717) is 17.2 Å². The Balaban J connectivity index is 0.00000127. The minimum atomic E-state index is 0.342. The molecule has 2 aromatic carbocycles. The van der Waals surface area contributed by atoms with Gasteiger partial charge in [0.2, 0.25) is 0 Å². The van der Waals surface area contributed by atoms with Crippen LogP contribution in [0.3, 0.4) is 0 Å². The van der Waals surface area contributed by atoms with Gasteiger partial charge in [-0.05, 0) is 48.2 Å². The monoisotopic (exact) mass is 330 g/mol. The number of benzene rings is 2. The molecule has 0 aliphatic heterocycles. The normalized spacial score (nSPS) is 9.70. The highest BCUT2D eigenvalue weighted by atomic mass is 35.5. The van der Waals surface area contributed by atoms with Crippen LogP contribution in [-0.4, -0.2) is 6.29 Å². The van der Waals surface area contributed by atoms with E-state index in [0.717, 1.165) is 30.4 Å². The van der Waals surface area contributed by atoms with Gasteiger partial charge in [-0.1, -0.05) is 37.6 Å². The van der Waals surface area contributed by atoms with Crippen molar-refractivity contribution in [2.45, 2.75) is 33.3 Å². The van der Waals surface area contributed by atoms with Gasteiger partial charge >= 0.3 is 0 Å². The van der Waals surface area contributed by atoms with Gasteiger partial charge in [0, 0.05) is 16.1 Å². The standard InChI is InChI=1S/C18H19ClO2.C2H4/c1-3-13-5-6-14(4-2)18(9-13)21-12-16-10-17(19)8-7-15(16)11-20;1-2/h5-11H,3-4,12H2,1-2H3;1-2H2. The quantitative estimate of drug-likeness (QED) is 0.504. The van der Waals surface area contributed by atoms with Crippen LogP contribution < -0.4 is 4.74 Å². The SMILES string of the molecule is C=C.CCc1ccc(CC)c(OCc2cc(Cl)ccc2C=O)c1. The summed E-state index contributed by atoms with van der Waals surface area (Å²) in [5.74, 6) is 0.883. The van der Waals surface area contributed by atoms with Gasteiger partial charge in [0.05, 0.1) is 0 Å². The summed E-state index contributed by atoms with van der Waals surface area (Å²) in [5.41, 5.74) is 3.83. The summed E-state index contributed by atoms with van der Waals surface area (Å²) in [5, 5.41) is 0.609. The highest BCUT2D eigenvalue weighted by Crippen LogP contribution is 2.24. The predicted octanol–water partition coefficient (Wildman–Crippen LogP) is 5.66. The van der Waals surface area contributed by atoms with Crippen LogP contribution in [0.4, 0.5) is 0 Å². The lowest BCUT2D eigenvalue weighted by Crippen LogP contribution is -2.02. The zero-order chi connectivity index (χ0) is 17.2. The fourth-order valence-electron chi connectivity index (χ4n) is 2.22. The van der Waals surface area contributed by atoms with Crippen molar-refractivity contribution in [3.8, 4) is 5.75 Å². The van der Waals surface area contributed by atoms with Crippen LogP contribution in [0.1, 0.15) is 40.9 Å². The molecule has 0 atom stereocenters. The van der Waals surface area contributed by atoms with E-state index >= 15 is 0 Å². The lowest BCUT2D eigenvalue weighted by molar-refractivity contribution is 0.112. The Morgan fingerprint density at radius 3 is 2.39 bits per heavy atom. The van der Waals surface area contributed by atoms with Crippen molar-refractivity contribution in [1.29, 1.82) is 0 Å². The van der Waals surface area contributed by atoms with Crippen molar-refractivity contribution in [3.63, 3.8) is 0 Å². The van der Waals surface area contributed by atoms with Crippen LogP contribution in [-0.2, 0) is 19.4 Å². The van der Waals surface area contributed by atoms with Crippen molar-refractivity contribution in [2.75, 3.05) is 0 Å². The smallest absolute Gasteiger partial charge is 0.150 e. The van der Waals surface area contributed by atoms with Crippen molar-refractivity contribution in [1.82, 2.24) is 0 Å². The molecule has 0 saturated heterocycles. The molecule has 0 aliphatic rings. The second kappa shape index (κ2) is 9.86. The van der Waals surface area contributed by atoms with Crippen LogP contribution in [0.5, 0.6) is 5.75 Å². The third-order valence-corrected chi connectivity index (χ3v) is 3.77. The molecular weight excluding hydrogens is 308 g/mol. The molecule has 0 amide bonds. The first-order valence-corrected chi connectivity index (χ1v) is 8.04. The maximum atomic E-state index is 11.1. The van der Waals surface area contributed by atoms with Gasteiger partial charge in [-0.2, -0.15) is 0 Å². The van der Waals surface area contributed by atoms with E-state index in [9.17, 15) is 4.79 Å². The molecule has 2 rings (SSSR count). The van der Waals surface area contributed by atoms with Gasteiger partial charge in [0.15, 0.2) is 0 Å². The third kappa shape index (κ3) is 5.26. The van der Waals surface area contributed by atoms with Gasteiger partial charge in [-0.3, -0.25) is 4.79 Å². The molecule has 0 radical (unpaired) electrons. The second-order valence-corrected chi connectivity index (χ2v) is 5.34. The Morgan fingerprint density at radius 1 is 1.04 bits per heavy atom. The van der Waals surface area contributed by atoms with E-state index < -0.39 is 0 Å². The molecule has 0 aromatic heterocycles. The maximum Gasteiger partial charge on any atom is 0.150 e. The van der Waals surface area contributed by atoms with Crippen LogP contribution in [0.2, 0.25) is 5.02 Å².